The van der Waals surface area contributed by atoms with E-state index in [9.17, 15) is 24.9 Å². The first-order valence-electron chi connectivity index (χ1n) is 7.06. The maximum absolute atomic E-state index is 11.8. The quantitative estimate of drug-likeness (QED) is 0.219. The van der Waals surface area contributed by atoms with Crippen LogP contribution in [0.1, 0.15) is 27.0 Å². The zero-order valence-corrected chi connectivity index (χ0v) is 13.4. The number of nitrogens with zero attached hydrogens (tertiary/aromatic N) is 2. The number of esters is 1. The first-order chi connectivity index (χ1) is 11.2. The largest absolute Gasteiger partial charge is 0.433 e. The number of carbonyl (C=O) groups excluding carboxylic acids is 1. The van der Waals surface area contributed by atoms with Crippen molar-refractivity contribution >= 4 is 11.8 Å². The molecule has 1 rings (SSSR count). The summed E-state index contributed by atoms with van der Waals surface area (Å²) in [5.41, 5.74) is 0.896. The number of nitrogens with one attached hydrogen (secondary N) is 1. The van der Waals surface area contributed by atoms with E-state index in [1.807, 2.05) is 0 Å². The monoisotopic (exact) mass is 347 g/mol. The molecule has 11 nitrogen and oxygen atoms in total. The molecule has 0 aliphatic carbocycles. The Labute approximate surface area is 137 Å². The zero-order valence-electron chi connectivity index (χ0n) is 13.4. The van der Waals surface area contributed by atoms with Crippen LogP contribution in [0.25, 0.3) is 0 Å². The van der Waals surface area contributed by atoms with Crippen LogP contribution in [-0.4, -0.2) is 54.7 Å². The number of anilines is 1. The molecular formula is C13H21N3O8. The summed E-state index contributed by atoms with van der Waals surface area (Å²) in [6.45, 7) is 4.44. The molecule has 3 unspecified atom stereocenters. The van der Waals surface area contributed by atoms with Gasteiger partial charge in [0.25, 0.3) is 0 Å². The Morgan fingerprint density at radius 1 is 1.29 bits per heavy atom. The van der Waals surface area contributed by atoms with Gasteiger partial charge in [-0.15, -0.1) is 0 Å². The third kappa shape index (κ3) is 5.25. The van der Waals surface area contributed by atoms with Gasteiger partial charge in [-0.25, -0.2) is 4.79 Å². The average Bonchev–Trinajstić information content (AvgIpc) is 2.51. The Bertz CT molecular complexity index is 603. The number of hydrogen-bond donors (Lipinski definition) is 5. The molecule has 0 amide bonds. The molecule has 1 heterocycles. The molecule has 136 valence electrons. The van der Waals surface area contributed by atoms with Crippen LogP contribution >= 0.6 is 0 Å². The summed E-state index contributed by atoms with van der Waals surface area (Å²) >= 11 is 0. The van der Waals surface area contributed by atoms with E-state index in [0.717, 1.165) is 4.57 Å². The van der Waals surface area contributed by atoms with Gasteiger partial charge in [0.15, 0.2) is 18.2 Å². The molecule has 0 fully saturated rings. The van der Waals surface area contributed by atoms with Gasteiger partial charge in [0.05, 0.1) is 5.92 Å². The van der Waals surface area contributed by atoms with Crippen LogP contribution in [0.2, 0.25) is 0 Å². The smallest absolute Gasteiger partial charge is 0.351 e. The molecule has 3 atom stereocenters. The summed E-state index contributed by atoms with van der Waals surface area (Å²) in [7, 11) is 0. The van der Waals surface area contributed by atoms with Gasteiger partial charge in [0, 0.05) is 6.20 Å². The fourth-order valence-corrected chi connectivity index (χ4v) is 1.65. The van der Waals surface area contributed by atoms with Gasteiger partial charge in [-0.2, -0.15) is 4.98 Å². The summed E-state index contributed by atoms with van der Waals surface area (Å²) in [5, 5.41) is 37.1. The molecule has 0 saturated carbocycles. The minimum Gasteiger partial charge on any atom is -0.433 e. The highest BCUT2D eigenvalue weighted by atomic mass is 16.7. The lowest BCUT2D eigenvalue weighted by atomic mass is 10.2. The Balaban J connectivity index is 2.88. The molecule has 0 aliphatic heterocycles. The Morgan fingerprint density at radius 2 is 1.92 bits per heavy atom. The van der Waals surface area contributed by atoms with Crippen molar-refractivity contribution in [2.24, 2.45) is 5.92 Å². The number of aliphatic hydroxyl groups is 3. The van der Waals surface area contributed by atoms with Crippen LogP contribution < -0.4 is 11.2 Å². The minimum absolute atomic E-state index is 0.0897. The summed E-state index contributed by atoms with van der Waals surface area (Å²) in [4.78, 5) is 26.7. The van der Waals surface area contributed by atoms with Crippen molar-refractivity contribution in [1.82, 2.24) is 9.55 Å². The molecule has 1 aromatic heterocycles. The standard InChI is InChI=1S/C13H21N3O8/c1-6(2)11(19)24-12(20)9(10(17)18)23-7(3)16-5-4-8(15-22)14-13(16)21/h4-7,9-10,12,17-18,20,22H,1-3H3,(H,14,15,21). The van der Waals surface area contributed by atoms with Gasteiger partial charge in [0.2, 0.25) is 6.29 Å². The molecular weight excluding hydrogens is 326 g/mol. The Hall–Kier alpha value is -2.05. The van der Waals surface area contributed by atoms with E-state index in [0.29, 0.717) is 0 Å². The van der Waals surface area contributed by atoms with E-state index in [1.54, 1.807) is 5.48 Å². The van der Waals surface area contributed by atoms with Crippen LogP contribution in [0, 0.1) is 5.92 Å². The normalized spacial score (nSPS) is 15.2. The zero-order chi connectivity index (χ0) is 18.4. The second-order valence-corrected chi connectivity index (χ2v) is 5.21. The number of aromatic nitrogens is 2. The third-order valence-corrected chi connectivity index (χ3v) is 2.97. The fourth-order valence-electron chi connectivity index (χ4n) is 1.65. The van der Waals surface area contributed by atoms with Crippen molar-refractivity contribution in [3.63, 3.8) is 0 Å². The van der Waals surface area contributed by atoms with Crippen LogP contribution in [0.4, 0.5) is 5.82 Å². The molecule has 24 heavy (non-hydrogen) atoms. The molecule has 0 aliphatic rings. The van der Waals surface area contributed by atoms with Crippen molar-refractivity contribution in [2.75, 3.05) is 5.48 Å². The van der Waals surface area contributed by atoms with E-state index in [-0.39, 0.29) is 5.82 Å². The maximum atomic E-state index is 11.8. The SMILES string of the molecule is CC(C)C(=O)OC(O)C(OC(C)n1ccc(NO)nc1=O)C(O)O. The van der Waals surface area contributed by atoms with Crippen LogP contribution in [0.3, 0.4) is 0 Å². The third-order valence-electron chi connectivity index (χ3n) is 2.97. The number of hydrogen-bond acceptors (Lipinski definition) is 10. The summed E-state index contributed by atoms with van der Waals surface area (Å²) in [6.07, 6.45) is -5.71. The lowest BCUT2D eigenvalue weighted by Gasteiger charge is -2.28. The van der Waals surface area contributed by atoms with E-state index in [4.69, 9.17) is 9.94 Å². The lowest BCUT2D eigenvalue weighted by molar-refractivity contribution is -0.260. The fraction of sp³-hybridized carbons (Fsp3) is 0.615. The van der Waals surface area contributed by atoms with E-state index in [2.05, 4.69) is 9.72 Å². The Morgan fingerprint density at radius 3 is 2.38 bits per heavy atom. The van der Waals surface area contributed by atoms with Crippen LogP contribution in [0.5, 0.6) is 0 Å². The number of aliphatic hydroxyl groups excluding tert-OH is 2. The highest BCUT2D eigenvalue weighted by Crippen LogP contribution is 2.15. The van der Waals surface area contributed by atoms with Gasteiger partial charge >= 0.3 is 11.7 Å². The summed E-state index contributed by atoms with van der Waals surface area (Å²) in [5.74, 6) is -1.39. The predicted octanol–water partition coefficient (Wildman–Crippen LogP) is -1.22. The molecule has 0 bridgehead atoms. The van der Waals surface area contributed by atoms with Crippen LogP contribution in [-0.2, 0) is 14.3 Å². The molecule has 0 saturated heterocycles. The topological polar surface area (TPSA) is 163 Å². The van der Waals surface area contributed by atoms with Crippen molar-refractivity contribution < 1.29 is 34.8 Å². The lowest BCUT2D eigenvalue weighted by Crippen LogP contribution is -2.44. The Kier molecular flexibility index (Phi) is 7.25. The second kappa shape index (κ2) is 8.70. The number of ether oxygens (including phenoxy) is 2. The predicted molar refractivity (Wildman–Crippen MR) is 78.7 cm³/mol. The van der Waals surface area contributed by atoms with Crippen molar-refractivity contribution in [3.8, 4) is 0 Å². The molecule has 0 spiro atoms. The van der Waals surface area contributed by atoms with Crippen molar-refractivity contribution in [3.05, 3.63) is 22.7 Å². The molecule has 0 aromatic carbocycles. The van der Waals surface area contributed by atoms with E-state index < -0.39 is 42.5 Å². The second-order valence-electron chi connectivity index (χ2n) is 5.21. The van der Waals surface area contributed by atoms with Gasteiger partial charge in [-0.05, 0) is 13.0 Å². The van der Waals surface area contributed by atoms with Gasteiger partial charge in [-0.1, -0.05) is 13.8 Å². The molecule has 11 heteroatoms. The highest BCUT2D eigenvalue weighted by Gasteiger charge is 2.32. The van der Waals surface area contributed by atoms with Crippen molar-refractivity contribution in [1.29, 1.82) is 0 Å². The molecule has 0 radical (unpaired) electrons. The van der Waals surface area contributed by atoms with Gasteiger partial charge in [-0.3, -0.25) is 20.0 Å². The number of rotatable bonds is 8. The number of carbonyl (C=O) groups is 1. The minimum atomic E-state index is -2.18. The van der Waals surface area contributed by atoms with E-state index >= 15 is 0 Å². The summed E-state index contributed by atoms with van der Waals surface area (Å²) < 4.78 is 10.8. The first kappa shape index (κ1) is 20.0. The van der Waals surface area contributed by atoms with Crippen LogP contribution in [0.15, 0.2) is 17.1 Å². The van der Waals surface area contributed by atoms with Gasteiger partial charge < -0.3 is 24.8 Å². The summed E-state index contributed by atoms with van der Waals surface area (Å²) in [6, 6.07) is 1.26. The molecule has 5 N–H and O–H groups in total. The van der Waals surface area contributed by atoms with E-state index in [1.165, 1.54) is 33.0 Å². The van der Waals surface area contributed by atoms with Crippen molar-refractivity contribution in [2.45, 2.75) is 45.7 Å². The van der Waals surface area contributed by atoms with Gasteiger partial charge in [0.1, 0.15) is 6.23 Å². The maximum Gasteiger partial charge on any atom is 0.351 e. The average molecular weight is 347 g/mol. The molecule has 1 aromatic rings. The first-order valence-corrected chi connectivity index (χ1v) is 7.06. The highest BCUT2D eigenvalue weighted by molar-refractivity contribution is 5.71.